The summed E-state index contributed by atoms with van der Waals surface area (Å²) in [7, 11) is 0. The van der Waals surface area contributed by atoms with Crippen LogP contribution in [0.1, 0.15) is 20.3 Å². The Morgan fingerprint density at radius 3 is 2.44 bits per heavy atom. The largest absolute Gasteiger partial charge is 0.352 e. The molecule has 3 rings (SSSR count). The number of halogens is 1. The molecule has 1 N–H and O–H groups in total. The molecule has 140 valence electrons. The van der Waals surface area contributed by atoms with Crippen LogP contribution in [0.3, 0.4) is 0 Å². The first-order chi connectivity index (χ1) is 12.9. The molecule has 0 unspecified atom stereocenters. The summed E-state index contributed by atoms with van der Waals surface area (Å²) < 4.78 is 15.5. The summed E-state index contributed by atoms with van der Waals surface area (Å²) in [6.45, 7) is 3.60. The molecule has 0 bridgehead atoms. The summed E-state index contributed by atoms with van der Waals surface area (Å²) in [5, 5.41) is 3.12. The third-order valence-corrected chi connectivity index (χ3v) is 4.46. The monoisotopic (exact) mass is 369 g/mol. The van der Waals surface area contributed by atoms with Crippen molar-refractivity contribution in [3.05, 3.63) is 75.2 Å². The highest BCUT2D eigenvalue weighted by Gasteiger charge is 2.17. The van der Waals surface area contributed by atoms with Gasteiger partial charge in [-0.2, -0.15) is 0 Å². The minimum absolute atomic E-state index is 0.0255. The highest BCUT2D eigenvalue weighted by Crippen LogP contribution is 2.11. The molecular weight excluding hydrogens is 349 g/mol. The van der Waals surface area contributed by atoms with Gasteiger partial charge in [0.05, 0.1) is 16.6 Å². The van der Waals surface area contributed by atoms with E-state index in [2.05, 4.69) is 5.32 Å². The zero-order valence-electron chi connectivity index (χ0n) is 15.1. The molecule has 2 aromatic carbocycles. The Bertz CT molecular complexity index is 1100. The molecule has 0 aliphatic heterocycles. The molecule has 7 heteroatoms. The van der Waals surface area contributed by atoms with Gasteiger partial charge < -0.3 is 5.32 Å². The second-order valence-electron chi connectivity index (χ2n) is 6.38. The maximum atomic E-state index is 13.2. The molecule has 3 aromatic rings. The number of para-hydroxylation sites is 1. The molecular formula is C20H20FN3O3. The molecule has 27 heavy (non-hydrogen) atoms. The fourth-order valence-corrected chi connectivity index (χ4v) is 2.86. The molecule has 0 aliphatic rings. The second kappa shape index (κ2) is 7.57. The third-order valence-electron chi connectivity index (χ3n) is 4.46. The Kier molecular flexibility index (Phi) is 5.21. The number of amides is 1. The molecule has 1 heterocycles. The van der Waals surface area contributed by atoms with Gasteiger partial charge in [0.15, 0.2) is 0 Å². The van der Waals surface area contributed by atoms with Crippen LogP contribution in [-0.2, 0) is 11.3 Å². The lowest BCUT2D eigenvalue weighted by Crippen LogP contribution is -2.43. The molecule has 0 radical (unpaired) electrons. The van der Waals surface area contributed by atoms with Crippen LogP contribution < -0.4 is 16.6 Å². The van der Waals surface area contributed by atoms with Crippen molar-refractivity contribution in [3.63, 3.8) is 0 Å². The molecule has 0 aliphatic carbocycles. The topological polar surface area (TPSA) is 73.1 Å². The molecule has 1 atom stereocenters. The lowest BCUT2D eigenvalue weighted by atomic mass is 10.2. The molecule has 0 spiro atoms. The number of rotatable bonds is 5. The van der Waals surface area contributed by atoms with Gasteiger partial charge >= 0.3 is 5.69 Å². The van der Waals surface area contributed by atoms with E-state index in [0.29, 0.717) is 10.9 Å². The normalized spacial score (nSPS) is 12.1. The number of benzene rings is 2. The summed E-state index contributed by atoms with van der Waals surface area (Å²) in [5.74, 6) is -0.790. The van der Waals surface area contributed by atoms with Gasteiger partial charge in [0, 0.05) is 6.04 Å². The maximum absolute atomic E-state index is 13.2. The lowest BCUT2D eigenvalue weighted by molar-refractivity contribution is -0.122. The number of fused-ring (bicyclic) bond motifs is 1. The zero-order valence-corrected chi connectivity index (χ0v) is 15.1. The van der Waals surface area contributed by atoms with E-state index in [0.717, 1.165) is 11.0 Å². The van der Waals surface area contributed by atoms with Crippen LogP contribution in [0.25, 0.3) is 16.6 Å². The van der Waals surface area contributed by atoms with Gasteiger partial charge in [-0.25, -0.2) is 13.8 Å². The van der Waals surface area contributed by atoms with Gasteiger partial charge in [0.25, 0.3) is 5.56 Å². The van der Waals surface area contributed by atoms with Gasteiger partial charge in [-0.3, -0.25) is 14.2 Å². The van der Waals surface area contributed by atoms with Crippen molar-refractivity contribution < 1.29 is 9.18 Å². The maximum Gasteiger partial charge on any atom is 0.336 e. The Morgan fingerprint density at radius 1 is 1.11 bits per heavy atom. The van der Waals surface area contributed by atoms with Crippen molar-refractivity contribution >= 4 is 16.8 Å². The van der Waals surface area contributed by atoms with Crippen LogP contribution in [0.4, 0.5) is 4.39 Å². The van der Waals surface area contributed by atoms with E-state index < -0.39 is 17.1 Å². The minimum atomic E-state index is -0.649. The van der Waals surface area contributed by atoms with E-state index in [1.54, 1.807) is 24.3 Å². The molecule has 6 nitrogen and oxygen atoms in total. The van der Waals surface area contributed by atoms with E-state index in [9.17, 15) is 18.8 Å². The zero-order chi connectivity index (χ0) is 19.6. The summed E-state index contributed by atoms with van der Waals surface area (Å²) in [4.78, 5) is 38.2. The van der Waals surface area contributed by atoms with Gasteiger partial charge in [-0.05, 0) is 49.7 Å². The van der Waals surface area contributed by atoms with Crippen LogP contribution in [0, 0.1) is 5.82 Å². The average Bonchev–Trinajstić information content (AvgIpc) is 2.66. The number of hydrogen-bond donors (Lipinski definition) is 1. The van der Waals surface area contributed by atoms with Crippen molar-refractivity contribution in [2.24, 2.45) is 0 Å². The lowest BCUT2D eigenvalue weighted by Gasteiger charge is -2.16. The van der Waals surface area contributed by atoms with E-state index in [1.165, 1.54) is 28.8 Å². The SMILES string of the molecule is CC[C@H](C)NC(=O)Cn1c(=O)n(-c2ccc(F)cc2)c(=O)c2ccccc21. The second-order valence-corrected chi connectivity index (χ2v) is 6.38. The van der Waals surface area contributed by atoms with Crippen LogP contribution in [0.15, 0.2) is 58.1 Å². The molecule has 0 saturated carbocycles. The Hall–Kier alpha value is -3.22. The summed E-state index contributed by atoms with van der Waals surface area (Å²) in [5.41, 5.74) is -0.538. The third kappa shape index (κ3) is 3.67. The first-order valence-electron chi connectivity index (χ1n) is 8.72. The van der Waals surface area contributed by atoms with Crippen molar-refractivity contribution in [2.45, 2.75) is 32.9 Å². The van der Waals surface area contributed by atoms with Crippen molar-refractivity contribution in [3.8, 4) is 5.69 Å². The average molecular weight is 369 g/mol. The Labute approximate surface area is 154 Å². The molecule has 1 amide bonds. The number of aromatic nitrogens is 2. The predicted octanol–water partition coefficient (Wildman–Crippen LogP) is 2.21. The fraction of sp³-hybridized carbons (Fsp3) is 0.250. The van der Waals surface area contributed by atoms with Gasteiger partial charge in [0.2, 0.25) is 5.91 Å². The van der Waals surface area contributed by atoms with E-state index in [-0.39, 0.29) is 24.2 Å². The standard InChI is InChI=1S/C20H20FN3O3/c1-3-13(2)22-18(25)12-23-17-7-5-4-6-16(17)19(26)24(20(23)27)15-10-8-14(21)9-11-15/h4-11,13H,3,12H2,1-2H3,(H,22,25)/t13-/m0/s1. The Morgan fingerprint density at radius 2 is 1.78 bits per heavy atom. The van der Waals surface area contributed by atoms with E-state index in [4.69, 9.17) is 0 Å². The van der Waals surface area contributed by atoms with Gasteiger partial charge in [0.1, 0.15) is 12.4 Å². The first kappa shape index (κ1) is 18.6. The van der Waals surface area contributed by atoms with Crippen molar-refractivity contribution in [1.82, 2.24) is 14.5 Å². The van der Waals surface area contributed by atoms with E-state index in [1.807, 2.05) is 13.8 Å². The number of nitrogens with one attached hydrogen (secondary N) is 1. The van der Waals surface area contributed by atoms with Gasteiger partial charge in [-0.1, -0.05) is 19.1 Å². The highest BCUT2D eigenvalue weighted by molar-refractivity contribution is 5.82. The molecule has 0 fully saturated rings. The van der Waals surface area contributed by atoms with Crippen LogP contribution in [-0.4, -0.2) is 21.1 Å². The summed E-state index contributed by atoms with van der Waals surface area (Å²) >= 11 is 0. The number of nitrogens with zero attached hydrogens (tertiary/aromatic N) is 2. The number of carbonyl (C=O) groups excluding carboxylic acids is 1. The van der Waals surface area contributed by atoms with Crippen LogP contribution in [0.5, 0.6) is 0 Å². The quantitative estimate of drug-likeness (QED) is 0.749. The first-order valence-corrected chi connectivity index (χ1v) is 8.72. The van der Waals surface area contributed by atoms with Crippen LogP contribution >= 0.6 is 0 Å². The highest BCUT2D eigenvalue weighted by atomic mass is 19.1. The van der Waals surface area contributed by atoms with E-state index >= 15 is 0 Å². The Balaban J connectivity index is 2.20. The smallest absolute Gasteiger partial charge is 0.336 e. The predicted molar refractivity (Wildman–Crippen MR) is 102 cm³/mol. The molecule has 1 aromatic heterocycles. The fourth-order valence-electron chi connectivity index (χ4n) is 2.86. The van der Waals surface area contributed by atoms with Crippen LogP contribution in [0.2, 0.25) is 0 Å². The minimum Gasteiger partial charge on any atom is -0.352 e. The number of carbonyl (C=O) groups is 1. The van der Waals surface area contributed by atoms with Crippen molar-refractivity contribution in [2.75, 3.05) is 0 Å². The number of hydrogen-bond acceptors (Lipinski definition) is 3. The molecule has 0 saturated heterocycles. The van der Waals surface area contributed by atoms with Crippen molar-refractivity contribution in [1.29, 1.82) is 0 Å². The summed E-state index contributed by atoms with van der Waals surface area (Å²) in [6.07, 6.45) is 0.760. The van der Waals surface area contributed by atoms with Gasteiger partial charge in [-0.15, -0.1) is 0 Å². The summed E-state index contributed by atoms with van der Waals surface area (Å²) in [6, 6.07) is 11.7.